The first-order chi connectivity index (χ1) is 8.38. The number of carbonyl (C=O) groups is 1. The molecule has 0 aliphatic carbocycles. The summed E-state index contributed by atoms with van der Waals surface area (Å²) in [5.74, 6) is 0.866. The number of hydrogen-bond acceptors (Lipinski definition) is 2. The summed E-state index contributed by atoms with van der Waals surface area (Å²) in [5.41, 5.74) is 2.23. The SMILES string of the molecule is Cc1cc(OC(C)C)c(C(=O)CCCl)c(C)c1Cl. The van der Waals surface area contributed by atoms with E-state index in [9.17, 15) is 4.79 Å². The van der Waals surface area contributed by atoms with E-state index in [0.29, 0.717) is 22.2 Å². The molecule has 100 valence electrons. The number of aryl methyl sites for hydroxylation is 1. The van der Waals surface area contributed by atoms with Gasteiger partial charge >= 0.3 is 0 Å². The molecule has 0 fully saturated rings. The van der Waals surface area contributed by atoms with Crippen molar-refractivity contribution in [2.75, 3.05) is 5.88 Å². The summed E-state index contributed by atoms with van der Waals surface area (Å²) in [5, 5.41) is 0.615. The van der Waals surface area contributed by atoms with Crippen LogP contribution in [0.5, 0.6) is 5.75 Å². The molecular weight excluding hydrogens is 271 g/mol. The minimum Gasteiger partial charge on any atom is -0.490 e. The fourth-order valence-electron chi connectivity index (χ4n) is 1.83. The number of ketones is 1. The summed E-state index contributed by atoms with van der Waals surface area (Å²) in [6.07, 6.45) is 0.295. The van der Waals surface area contributed by atoms with Crippen molar-refractivity contribution in [2.45, 2.75) is 40.2 Å². The maximum absolute atomic E-state index is 12.1. The molecule has 1 aromatic carbocycles. The first kappa shape index (κ1) is 15.3. The van der Waals surface area contributed by atoms with Crippen molar-refractivity contribution in [1.82, 2.24) is 0 Å². The van der Waals surface area contributed by atoms with Crippen LogP contribution >= 0.6 is 23.2 Å². The molecule has 0 unspecified atom stereocenters. The molecule has 18 heavy (non-hydrogen) atoms. The first-order valence-electron chi connectivity index (χ1n) is 5.94. The van der Waals surface area contributed by atoms with Crippen molar-refractivity contribution < 1.29 is 9.53 Å². The lowest BCUT2D eigenvalue weighted by molar-refractivity contribution is 0.0983. The van der Waals surface area contributed by atoms with E-state index in [1.165, 1.54) is 0 Å². The van der Waals surface area contributed by atoms with Crippen molar-refractivity contribution in [3.05, 3.63) is 27.8 Å². The van der Waals surface area contributed by atoms with E-state index >= 15 is 0 Å². The van der Waals surface area contributed by atoms with Crippen LogP contribution in [0, 0.1) is 13.8 Å². The topological polar surface area (TPSA) is 26.3 Å². The molecule has 4 heteroatoms. The largest absolute Gasteiger partial charge is 0.490 e. The summed E-state index contributed by atoms with van der Waals surface area (Å²) >= 11 is 11.8. The van der Waals surface area contributed by atoms with Gasteiger partial charge in [0.2, 0.25) is 0 Å². The van der Waals surface area contributed by atoms with Crippen molar-refractivity contribution in [3.8, 4) is 5.75 Å². The van der Waals surface area contributed by atoms with E-state index in [0.717, 1.165) is 11.1 Å². The Hall–Kier alpha value is -0.730. The fourth-order valence-corrected chi connectivity index (χ4v) is 2.15. The molecule has 0 bridgehead atoms. The molecule has 0 heterocycles. The van der Waals surface area contributed by atoms with Crippen LogP contribution < -0.4 is 4.74 Å². The number of carbonyl (C=O) groups excluding carboxylic acids is 1. The lowest BCUT2D eigenvalue weighted by atomic mass is 9.99. The van der Waals surface area contributed by atoms with E-state index in [4.69, 9.17) is 27.9 Å². The second-order valence-electron chi connectivity index (χ2n) is 4.53. The molecule has 0 amide bonds. The quantitative estimate of drug-likeness (QED) is 0.587. The predicted molar refractivity (Wildman–Crippen MR) is 76.4 cm³/mol. The van der Waals surface area contributed by atoms with Gasteiger partial charge in [0, 0.05) is 17.3 Å². The third-order valence-corrected chi connectivity index (χ3v) is 3.38. The molecule has 2 nitrogen and oxygen atoms in total. The highest BCUT2D eigenvalue weighted by Crippen LogP contribution is 2.33. The fraction of sp³-hybridized carbons (Fsp3) is 0.500. The van der Waals surface area contributed by atoms with Crippen LogP contribution in [0.15, 0.2) is 6.07 Å². The Labute approximate surface area is 118 Å². The van der Waals surface area contributed by atoms with E-state index in [2.05, 4.69) is 0 Å². The maximum atomic E-state index is 12.1. The van der Waals surface area contributed by atoms with E-state index in [1.54, 1.807) is 0 Å². The van der Waals surface area contributed by atoms with Crippen LogP contribution in [0.3, 0.4) is 0 Å². The highest BCUT2D eigenvalue weighted by molar-refractivity contribution is 6.32. The number of Topliss-reactive ketones (excluding diaryl/α,β-unsaturated/α-hetero) is 1. The first-order valence-corrected chi connectivity index (χ1v) is 6.85. The molecule has 0 saturated carbocycles. The van der Waals surface area contributed by atoms with Crippen molar-refractivity contribution in [3.63, 3.8) is 0 Å². The molecule has 1 aromatic rings. The van der Waals surface area contributed by atoms with E-state index in [-0.39, 0.29) is 18.3 Å². The number of hydrogen-bond donors (Lipinski definition) is 0. The van der Waals surface area contributed by atoms with Crippen LogP contribution in [-0.2, 0) is 0 Å². The van der Waals surface area contributed by atoms with E-state index < -0.39 is 0 Å². The molecule has 0 N–H and O–H groups in total. The summed E-state index contributed by atoms with van der Waals surface area (Å²) in [6, 6.07) is 1.82. The molecule has 0 saturated heterocycles. The molecule has 0 aliphatic rings. The third-order valence-electron chi connectivity index (χ3n) is 2.61. The zero-order valence-corrected chi connectivity index (χ0v) is 12.7. The molecule has 1 rings (SSSR count). The Morgan fingerprint density at radius 3 is 2.50 bits per heavy atom. The van der Waals surface area contributed by atoms with Gasteiger partial charge in [0.15, 0.2) is 5.78 Å². The number of alkyl halides is 1. The molecular formula is C14H18Cl2O2. The summed E-state index contributed by atoms with van der Waals surface area (Å²) in [7, 11) is 0. The van der Waals surface area contributed by atoms with Crippen LogP contribution in [-0.4, -0.2) is 17.8 Å². The highest BCUT2D eigenvalue weighted by Gasteiger charge is 2.19. The molecule has 0 aliphatic heterocycles. The minimum absolute atomic E-state index is 0.00697. The number of rotatable bonds is 5. The average molecular weight is 289 g/mol. The van der Waals surface area contributed by atoms with Gasteiger partial charge in [-0.15, -0.1) is 11.6 Å². The zero-order valence-electron chi connectivity index (χ0n) is 11.1. The second-order valence-corrected chi connectivity index (χ2v) is 5.29. The number of halogens is 2. The van der Waals surface area contributed by atoms with Crippen molar-refractivity contribution >= 4 is 29.0 Å². The lowest BCUT2D eigenvalue weighted by Gasteiger charge is -2.17. The van der Waals surface area contributed by atoms with E-state index in [1.807, 2.05) is 33.8 Å². The predicted octanol–water partition coefficient (Wildman–Crippen LogP) is 4.56. The van der Waals surface area contributed by atoms with Crippen LogP contribution in [0.25, 0.3) is 0 Å². The monoisotopic (exact) mass is 288 g/mol. The van der Waals surface area contributed by atoms with Crippen LogP contribution in [0.4, 0.5) is 0 Å². The van der Waals surface area contributed by atoms with Crippen LogP contribution in [0.2, 0.25) is 5.02 Å². The van der Waals surface area contributed by atoms with Gasteiger partial charge in [0.1, 0.15) is 5.75 Å². The molecule has 0 radical (unpaired) electrons. The number of benzene rings is 1. The van der Waals surface area contributed by atoms with Gasteiger partial charge in [-0.1, -0.05) is 11.6 Å². The molecule has 0 atom stereocenters. The second kappa shape index (κ2) is 6.44. The maximum Gasteiger partial charge on any atom is 0.168 e. The normalized spacial score (nSPS) is 10.8. The standard InChI is InChI=1S/C14H18Cl2O2/c1-8(2)18-12-7-9(3)14(16)10(4)13(12)11(17)5-6-15/h7-8H,5-6H2,1-4H3. The number of ether oxygens (including phenoxy) is 1. The molecule has 0 spiro atoms. The third kappa shape index (κ3) is 3.39. The van der Waals surface area contributed by atoms with Crippen molar-refractivity contribution in [2.24, 2.45) is 0 Å². The van der Waals surface area contributed by atoms with Gasteiger partial charge < -0.3 is 4.74 Å². The van der Waals surface area contributed by atoms with Gasteiger partial charge in [-0.25, -0.2) is 0 Å². The minimum atomic E-state index is -0.0277. The lowest BCUT2D eigenvalue weighted by Crippen LogP contribution is -2.12. The van der Waals surface area contributed by atoms with Gasteiger partial charge in [-0.3, -0.25) is 4.79 Å². The Morgan fingerprint density at radius 1 is 1.39 bits per heavy atom. The molecule has 0 aromatic heterocycles. The van der Waals surface area contributed by atoms with Gasteiger partial charge in [0.05, 0.1) is 11.7 Å². The Kier molecular flexibility index (Phi) is 5.48. The van der Waals surface area contributed by atoms with Gasteiger partial charge in [-0.05, 0) is 44.9 Å². The summed E-state index contributed by atoms with van der Waals surface area (Å²) in [6.45, 7) is 7.59. The van der Waals surface area contributed by atoms with Crippen molar-refractivity contribution in [1.29, 1.82) is 0 Å². The van der Waals surface area contributed by atoms with Gasteiger partial charge in [-0.2, -0.15) is 0 Å². The Morgan fingerprint density at radius 2 is 2.00 bits per heavy atom. The smallest absolute Gasteiger partial charge is 0.168 e. The Bertz CT molecular complexity index is 454. The Balaban J connectivity index is 3.34. The van der Waals surface area contributed by atoms with Gasteiger partial charge in [0.25, 0.3) is 0 Å². The zero-order chi connectivity index (χ0) is 13.9. The summed E-state index contributed by atoms with van der Waals surface area (Å²) < 4.78 is 5.71. The average Bonchev–Trinajstić information content (AvgIpc) is 2.25. The van der Waals surface area contributed by atoms with Crippen LogP contribution in [0.1, 0.15) is 41.8 Å². The highest BCUT2D eigenvalue weighted by atomic mass is 35.5. The summed E-state index contributed by atoms with van der Waals surface area (Å²) in [4.78, 5) is 12.1.